The average Bonchev–Trinajstić information content (AvgIpc) is 3.50. The molecule has 4 aromatic rings. The maximum Gasteiger partial charge on any atom is 0.274 e. The van der Waals surface area contributed by atoms with E-state index in [0.29, 0.717) is 53.2 Å². The maximum absolute atomic E-state index is 14.2. The summed E-state index contributed by atoms with van der Waals surface area (Å²) < 4.78 is 27.2. The highest BCUT2D eigenvalue weighted by atomic mass is 19.1. The topological polar surface area (TPSA) is 88.9 Å². The van der Waals surface area contributed by atoms with Gasteiger partial charge in [-0.1, -0.05) is 12.1 Å². The summed E-state index contributed by atoms with van der Waals surface area (Å²) in [5, 5.41) is 0. The molecule has 1 amide bonds. The molecule has 0 atom stereocenters. The zero-order valence-electron chi connectivity index (χ0n) is 18.6. The summed E-state index contributed by atoms with van der Waals surface area (Å²) in [6, 6.07) is 8.29. The van der Waals surface area contributed by atoms with Crippen molar-refractivity contribution in [2.24, 2.45) is 0 Å². The van der Waals surface area contributed by atoms with Gasteiger partial charge in [-0.15, -0.1) is 0 Å². The third kappa shape index (κ3) is 3.19. The van der Waals surface area contributed by atoms with Crippen LogP contribution in [0.5, 0.6) is 5.75 Å². The number of carbonyl (C=O) groups is 1. The van der Waals surface area contributed by atoms with Crippen molar-refractivity contribution in [1.82, 2.24) is 19.3 Å². The van der Waals surface area contributed by atoms with Gasteiger partial charge in [0.15, 0.2) is 0 Å². The lowest BCUT2D eigenvalue weighted by molar-refractivity contribution is 0.0747. The van der Waals surface area contributed by atoms with E-state index in [1.807, 2.05) is 10.5 Å². The number of hydrogen-bond donors (Lipinski definition) is 1. The predicted molar refractivity (Wildman–Crippen MR) is 123 cm³/mol. The van der Waals surface area contributed by atoms with Crippen molar-refractivity contribution in [3.8, 4) is 5.75 Å². The Morgan fingerprint density at radius 1 is 1.21 bits per heavy atom. The fourth-order valence-electron chi connectivity index (χ4n) is 5.09. The van der Waals surface area contributed by atoms with Crippen LogP contribution in [-0.2, 0) is 17.8 Å². The number of nitrogens with zero attached hydrogens (tertiary/aromatic N) is 3. The Bertz CT molecular complexity index is 1500. The molecule has 1 fully saturated rings. The number of aromatic amines is 1. The third-order valence-corrected chi connectivity index (χ3v) is 6.86. The van der Waals surface area contributed by atoms with E-state index in [1.165, 1.54) is 13.2 Å². The third-order valence-electron chi connectivity index (χ3n) is 6.86. The van der Waals surface area contributed by atoms with Crippen LogP contribution in [0, 0.1) is 5.82 Å². The molecular formula is C25H23FN4O4. The Balaban J connectivity index is 1.47. The SMILES string of the molecule is COc1cc2c(cc1C(=O)N1Cc3cccc(F)c3C1)[nH]c(=O)c1cnc(C3CCOCC3)n12. The summed E-state index contributed by atoms with van der Waals surface area (Å²) in [5.74, 6) is 0.762. The van der Waals surface area contributed by atoms with Gasteiger partial charge >= 0.3 is 0 Å². The number of H-pyrrole nitrogens is 1. The molecule has 1 N–H and O–H groups in total. The smallest absolute Gasteiger partial charge is 0.274 e. The molecule has 2 aliphatic rings. The van der Waals surface area contributed by atoms with Crippen LogP contribution in [0.15, 0.2) is 41.3 Å². The molecular weight excluding hydrogens is 439 g/mol. The summed E-state index contributed by atoms with van der Waals surface area (Å²) in [5.41, 5.74) is 3.02. The molecule has 0 unspecified atom stereocenters. The van der Waals surface area contributed by atoms with Crippen molar-refractivity contribution in [3.05, 3.63) is 75.2 Å². The molecule has 0 aliphatic carbocycles. The van der Waals surface area contributed by atoms with Gasteiger partial charge in [0, 0.05) is 43.9 Å². The van der Waals surface area contributed by atoms with E-state index in [4.69, 9.17) is 9.47 Å². The van der Waals surface area contributed by atoms with Crippen LogP contribution in [-0.4, -0.2) is 45.5 Å². The first-order valence-electron chi connectivity index (χ1n) is 11.3. The van der Waals surface area contributed by atoms with E-state index in [9.17, 15) is 14.0 Å². The van der Waals surface area contributed by atoms with E-state index in [-0.39, 0.29) is 29.7 Å². The van der Waals surface area contributed by atoms with Crippen molar-refractivity contribution >= 4 is 22.5 Å². The number of aromatic nitrogens is 3. The zero-order chi connectivity index (χ0) is 23.4. The summed E-state index contributed by atoms with van der Waals surface area (Å²) >= 11 is 0. The minimum absolute atomic E-state index is 0.173. The zero-order valence-corrected chi connectivity index (χ0v) is 18.6. The monoisotopic (exact) mass is 462 g/mol. The number of benzene rings is 2. The van der Waals surface area contributed by atoms with Crippen molar-refractivity contribution in [1.29, 1.82) is 0 Å². The molecule has 4 heterocycles. The first kappa shape index (κ1) is 20.9. The molecule has 2 aromatic heterocycles. The number of imidazole rings is 1. The number of methoxy groups -OCH3 is 1. The highest BCUT2D eigenvalue weighted by Crippen LogP contribution is 2.33. The fourth-order valence-corrected chi connectivity index (χ4v) is 5.09. The van der Waals surface area contributed by atoms with Crippen LogP contribution in [0.1, 0.15) is 46.1 Å². The van der Waals surface area contributed by atoms with Gasteiger partial charge < -0.3 is 19.4 Å². The lowest BCUT2D eigenvalue weighted by Crippen LogP contribution is -2.26. The van der Waals surface area contributed by atoms with Crippen LogP contribution < -0.4 is 10.3 Å². The first-order valence-corrected chi connectivity index (χ1v) is 11.3. The van der Waals surface area contributed by atoms with Crippen molar-refractivity contribution < 1.29 is 18.7 Å². The Morgan fingerprint density at radius 3 is 2.79 bits per heavy atom. The Kier molecular flexibility index (Phi) is 4.88. The predicted octanol–water partition coefficient (Wildman–Crippen LogP) is 3.37. The summed E-state index contributed by atoms with van der Waals surface area (Å²) in [4.78, 5) is 35.4. The standard InChI is InChI=1S/C25H23FN4O4/c1-33-22-10-20-19(9-16(22)25(32)29-12-15-3-2-4-18(26)17(15)13-29)28-24(31)21-11-27-23(30(20)21)14-5-7-34-8-6-14/h2-4,9-11,14H,5-8,12-13H2,1H3,(H,28,31). The highest BCUT2D eigenvalue weighted by Gasteiger charge is 2.29. The van der Waals surface area contributed by atoms with Gasteiger partial charge in [-0.2, -0.15) is 0 Å². The Labute approximate surface area is 193 Å². The van der Waals surface area contributed by atoms with Crippen LogP contribution in [0.4, 0.5) is 4.39 Å². The fraction of sp³-hybridized carbons (Fsp3) is 0.320. The molecule has 2 aromatic carbocycles. The molecule has 6 rings (SSSR count). The van der Waals surface area contributed by atoms with E-state index in [1.54, 1.807) is 29.3 Å². The molecule has 1 saturated heterocycles. The second-order valence-electron chi connectivity index (χ2n) is 8.79. The van der Waals surface area contributed by atoms with Gasteiger partial charge in [-0.25, -0.2) is 9.37 Å². The molecule has 0 bridgehead atoms. The highest BCUT2D eigenvalue weighted by molar-refractivity contribution is 6.01. The molecule has 0 radical (unpaired) electrons. The second-order valence-corrected chi connectivity index (χ2v) is 8.79. The largest absolute Gasteiger partial charge is 0.496 e. The normalized spacial score (nSPS) is 16.4. The second kappa shape index (κ2) is 7.95. The lowest BCUT2D eigenvalue weighted by atomic mass is 9.99. The molecule has 174 valence electrons. The van der Waals surface area contributed by atoms with E-state index < -0.39 is 0 Å². The quantitative estimate of drug-likeness (QED) is 0.504. The van der Waals surface area contributed by atoms with Crippen LogP contribution in [0.2, 0.25) is 0 Å². The molecule has 9 heteroatoms. The number of fused-ring (bicyclic) bond motifs is 4. The lowest BCUT2D eigenvalue weighted by Gasteiger charge is -2.22. The molecule has 0 saturated carbocycles. The number of carbonyl (C=O) groups excluding carboxylic acids is 1. The van der Waals surface area contributed by atoms with Crippen LogP contribution in [0.25, 0.3) is 16.6 Å². The Hall–Kier alpha value is -3.72. The summed E-state index contributed by atoms with van der Waals surface area (Å²) in [6.07, 6.45) is 3.24. The molecule has 2 aliphatic heterocycles. The number of halogens is 1. The number of hydrogen-bond acceptors (Lipinski definition) is 5. The van der Waals surface area contributed by atoms with Crippen molar-refractivity contribution in [2.75, 3.05) is 20.3 Å². The summed E-state index contributed by atoms with van der Waals surface area (Å²) in [6.45, 7) is 1.81. The van der Waals surface area contributed by atoms with Crippen LogP contribution in [0.3, 0.4) is 0 Å². The van der Waals surface area contributed by atoms with Gasteiger partial charge in [0.2, 0.25) is 0 Å². The molecule has 8 nitrogen and oxygen atoms in total. The van der Waals surface area contributed by atoms with Gasteiger partial charge in [0.25, 0.3) is 11.5 Å². The van der Waals surface area contributed by atoms with Crippen molar-refractivity contribution in [3.63, 3.8) is 0 Å². The van der Waals surface area contributed by atoms with Gasteiger partial charge in [0.1, 0.15) is 22.9 Å². The first-order chi connectivity index (χ1) is 16.5. The van der Waals surface area contributed by atoms with Crippen molar-refractivity contribution in [2.45, 2.75) is 31.8 Å². The number of amides is 1. The number of rotatable bonds is 3. The van der Waals surface area contributed by atoms with Gasteiger partial charge in [-0.3, -0.25) is 14.0 Å². The number of nitrogens with one attached hydrogen (secondary N) is 1. The van der Waals surface area contributed by atoms with Crippen LogP contribution >= 0.6 is 0 Å². The molecule has 34 heavy (non-hydrogen) atoms. The summed E-state index contributed by atoms with van der Waals surface area (Å²) in [7, 11) is 1.51. The maximum atomic E-state index is 14.2. The van der Waals surface area contributed by atoms with E-state index in [0.717, 1.165) is 24.2 Å². The minimum Gasteiger partial charge on any atom is -0.496 e. The van der Waals surface area contributed by atoms with E-state index >= 15 is 0 Å². The molecule has 0 spiro atoms. The average molecular weight is 462 g/mol. The number of ether oxygens (including phenoxy) is 2. The minimum atomic E-state index is -0.314. The van der Waals surface area contributed by atoms with Gasteiger partial charge in [0.05, 0.1) is 29.9 Å². The van der Waals surface area contributed by atoms with E-state index in [2.05, 4.69) is 9.97 Å². The van der Waals surface area contributed by atoms with Gasteiger partial charge in [-0.05, 0) is 30.5 Å². The Morgan fingerprint density at radius 2 is 2.03 bits per heavy atom.